The van der Waals surface area contributed by atoms with Crippen LogP contribution in [0.2, 0.25) is 0 Å². The highest BCUT2D eigenvalue weighted by Crippen LogP contribution is 2.21. The van der Waals surface area contributed by atoms with Crippen LogP contribution in [0, 0.1) is 5.82 Å². The Balaban J connectivity index is 2.21. The molecular formula is C11H14FNO2S. The zero-order valence-electron chi connectivity index (χ0n) is 8.82. The van der Waals surface area contributed by atoms with Gasteiger partial charge in [-0.3, -0.25) is 0 Å². The van der Waals surface area contributed by atoms with E-state index < -0.39 is 15.8 Å². The topological polar surface area (TPSA) is 46.2 Å². The molecule has 1 aliphatic carbocycles. The highest BCUT2D eigenvalue weighted by atomic mass is 32.2. The van der Waals surface area contributed by atoms with Gasteiger partial charge < -0.3 is 0 Å². The summed E-state index contributed by atoms with van der Waals surface area (Å²) < 4.78 is 39.6. The molecule has 0 spiro atoms. The molecule has 88 valence electrons. The highest BCUT2D eigenvalue weighted by Gasteiger charge is 2.24. The Bertz CT molecular complexity index is 467. The van der Waals surface area contributed by atoms with E-state index in [2.05, 4.69) is 4.72 Å². The first-order valence-corrected chi connectivity index (χ1v) is 6.85. The zero-order chi connectivity index (χ0) is 11.6. The number of nitrogens with one attached hydrogen (secondary N) is 1. The summed E-state index contributed by atoms with van der Waals surface area (Å²) in [5.41, 5.74) is 0. The fourth-order valence-electron chi connectivity index (χ4n) is 1.99. The van der Waals surface area contributed by atoms with Crippen LogP contribution < -0.4 is 4.72 Å². The standard InChI is InChI=1S/C11H14FNO2S/c12-10-7-3-4-8-11(10)16(14,15)13-9-5-1-2-6-9/h3-4,7-9,13H,1-2,5-6H2. The Kier molecular flexibility index (Phi) is 3.25. The molecule has 16 heavy (non-hydrogen) atoms. The normalized spacial score (nSPS) is 17.8. The molecule has 0 heterocycles. The summed E-state index contributed by atoms with van der Waals surface area (Å²) in [5.74, 6) is -0.701. The third-order valence-electron chi connectivity index (χ3n) is 2.80. The summed E-state index contributed by atoms with van der Waals surface area (Å²) in [5, 5.41) is 0. The maximum absolute atomic E-state index is 13.3. The molecule has 0 unspecified atom stereocenters. The van der Waals surface area contributed by atoms with Gasteiger partial charge in [0, 0.05) is 6.04 Å². The van der Waals surface area contributed by atoms with Crippen LogP contribution in [0.15, 0.2) is 29.2 Å². The van der Waals surface area contributed by atoms with Gasteiger partial charge in [-0.1, -0.05) is 25.0 Å². The maximum atomic E-state index is 13.3. The molecule has 0 aliphatic heterocycles. The third kappa shape index (κ3) is 2.41. The molecule has 1 fully saturated rings. The van der Waals surface area contributed by atoms with Crippen LogP contribution in [-0.4, -0.2) is 14.5 Å². The molecule has 0 atom stereocenters. The molecule has 1 N–H and O–H groups in total. The van der Waals surface area contributed by atoms with Crippen LogP contribution in [0.25, 0.3) is 0 Å². The Hall–Kier alpha value is -0.940. The van der Waals surface area contributed by atoms with Crippen LogP contribution in [0.4, 0.5) is 4.39 Å². The fourth-order valence-corrected chi connectivity index (χ4v) is 3.37. The van der Waals surface area contributed by atoms with Crippen molar-refractivity contribution in [3.05, 3.63) is 30.1 Å². The Morgan fingerprint density at radius 3 is 2.44 bits per heavy atom. The van der Waals surface area contributed by atoms with E-state index in [0.29, 0.717) is 0 Å². The lowest BCUT2D eigenvalue weighted by Crippen LogP contribution is -2.33. The van der Waals surface area contributed by atoms with Gasteiger partial charge in [0.15, 0.2) is 0 Å². The minimum atomic E-state index is -3.70. The van der Waals surface area contributed by atoms with Crippen molar-refractivity contribution in [3.63, 3.8) is 0 Å². The summed E-state index contributed by atoms with van der Waals surface area (Å²) in [4.78, 5) is -0.262. The summed E-state index contributed by atoms with van der Waals surface area (Å²) in [6, 6.07) is 5.40. The Morgan fingerprint density at radius 1 is 1.19 bits per heavy atom. The molecule has 1 aromatic carbocycles. The smallest absolute Gasteiger partial charge is 0.208 e. The highest BCUT2D eigenvalue weighted by molar-refractivity contribution is 7.89. The second kappa shape index (κ2) is 4.51. The molecule has 0 bridgehead atoms. The quantitative estimate of drug-likeness (QED) is 0.883. The van der Waals surface area contributed by atoms with Gasteiger partial charge in [-0.05, 0) is 25.0 Å². The summed E-state index contributed by atoms with van der Waals surface area (Å²) >= 11 is 0. The van der Waals surface area contributed by atoms with Crippen LogP contribution in [0.5, 0.6) is 0 Å². The average molecular weight is 243 g/mol. The van der Waals surface area contributed by atoms with Gasteiger partial charge in [0.25, 0.3) is 0 Å². The molecule has 5 heteroatoms. The minimum absolute atomic E-state index is 0.0374. The van der Waals surface area contributed by atoms with Gasteiger partial charge in [0.2, 0.25) is 10.0 Å². The van der Waals surface area contributed by atoms with E-state index in [9.17, 15) is 12.8 Å². The number of rotatable bonds is 3. The second-order valence-corrected chi connectivity index (χ2v) is 5.72. The zero-order valence-corrected chi connectivity index (χ0v) is 9.63. The maximum Gasteiger partial charge on any atom is 0.243 e. The molecule has 0 radical (unpaired) electrons. The van der Waals surface area contributed by atoms with E-state index in [1.807, 2.05) is 0 Å². The van der Waals surface area contributed by atoms with Crippen molar-refractivity contribution in [2.45, 2.75) is 36.6 Å². The molecule has 1 aromatic rings. The van der Waals surface area contributed by atoms with Gasteiger partial charge in [-0.25, -0.2) is 17.5 Å². The van der Waals surface area contributed by atoms with Crippen molar-refractivity contribution >= 4 is 10.0 Å². The predicted molar refractivity (Wildman–Crippen MR) is 59.0 cm³/mol. The van der Waals surface area contributed by atoms with Crippen LogP contribution in [-0.2, 0) is 10.0 Å². The van der Waals surface area contributed by atoms with Gasteiger partial charge in [-0.2, -0.15) is 0 Å². The summed E-state index contributed by atoms with van der Waals surface area (Å²) in [6.45, 7) is 0. The lowest BCUT2D eigenvalue weighted by molar-refractivity contribution is 0.537. The molecule has 3 nitrogen and oxygen atoms in total. The fraction of sp³-hybridized carbons (Fsp3) is 0.455. The van der Waals surface area contributed by atoms with E-state index in [-0.39, 0.29) is 10.9 Å². The second-order valence-electron chi connectivity index (χ2n) is 4.03. The monoisotopic (exact) mass is 243 g/mol. The average Bonchev–Trinajstić information content (AvgIpc) is 2.70. The minimum Gasteiger partial charge on any atom is -0.208 e. The first-order chi connectivity index (χ1) is 7.59. The number of benzene rings is 1. The van der Waals surface area contributed by atoms with Crippen molar-refractivity contribution in [3.8, 4) is 0 Å². The summed E-state index contributed by atoms with van der Waals surface area (Å²) in [7, 11) is -3.70. The Morgan fingerprint density at radius 2 is 1.81 bits per heavy atom. The van der Waals surface area contributed by atoms with E-state index in [1.54, 1.807) is 0 Å². The molecule has 0 amide bonds. The first-order valence-electron chi connectivity index (χ1n) is 5.36. The largest absolute Gasteiger partial charge is 0.243 e. The van der Waals surface area contributed by atoms with E-state index in [4.69, 9.17) is 0 Å². The number of hydrogen-bond donors (Lipinski definition) is 1. The van der Waals surface area contributed by atoms with Crippen molar-refractivity contribution in [2.24, 2.45) is 0 Å². The summed E-state index contributed by atoms with van der Waals surface area (Å²) in [6.07, 6.45) is 3.75. The SMILES string of the molecule is O=S(=O)(NC1CCCC1)c1ccccc1F. The molecule has 1 aliphatic rings. The molecular weight excluding hydrogens is 229 g/mol. The molecule has 1 saturated carbocycles. The predicted octanol–water partition coefficient (Wildman–Crippen LogP) is 2.05. The van der Waals surface area contributed by atoms with E-state index in [0.717, 1.165) is 31.7 Å². The van der Waals surface area contributed by atoms with Crippen molar-refractivity contribution < 1.29 is 12.8 Å². The van der Waals surface area contributed by atoms with Crippen LogP contribution in [0.1, 0.15) is 25.7 Å². The number of sulfonamides is 1. The van der Waals surface area contributed by atoms with Crippen molar-refractivity contribution in [2.75, 3.05) is 0 Å². The Labute approximate surface area is 94.7 Å². The van der Waals surface area contributed by atoms with Crippen LogP contribution >= 0.6 is 0 Å². The molecule has 2 rings (SSSR count). The van der Waals surface area contributed by atoms with Gasteiger partial charge in [0.1, 0.15) is 10.7 Å². The number of hydrogen-bond acceptors (Lipinski definition) is 2. The lowest BCUT2D eigenvalue weighted by atomic mass is 10.3. The lowest BCUT2D eigenvalue weighted by Gasteiger charge is -2.12. The van der Waals surface area contributed by atoms with Crippen molar-refractivity contribution in [1.82, 2.24) is 4.72 Å². The van der Waals surface area contributed by atoms with E-state index in [1.165, 1.54) is 18.2 Å². The molecule has 0 aromatic heterocycles. The van der Waals surface area contributed by atoms with Gasteiger partial charge in [0.05, 0.1) is 0 Å². The van der Waals surface area contributed by atoms with Gasteiger partial charge in [-0.15, -0.1) is 0 Å². The van der Waals surface area contributed by atoms with Gasteiger partial charge >= 0.3 is 0 Å². The van der Waals surface area contributed by atoms with E-state index >= 15 is 0 Å². The first kappa shape index (κ1) is 11.5. The number of halogens is 1. The molecule has 0 saturated heterocycles. The van der Waals surface area contributed by atoms with Crippen molar-refractivity contribution in [1.29, 1.82) is 0 Å². The third-order valence-corrected chi connectivity index (χ3v) is 4.36. The van der Waals surface area contributed by atoms with Crippen LogP contribution in [0.3, 0.4) is 0 Å².